The average Bonchev–Trinajstić information content (AvgIpc) is 2.64. The molecule has 16 heavy (non-hydrogen) atoms. The van der Waals surface area contributed by atoms with Crippen molar-refractivity contribution in [3.8, 4) is 11.5 Å². The summed E-state index contributed by atoms with van der Waals surface area (Å²) in [5.74, 6) is 0.716. The summed E-state index contributed by atoms with van der Waals surface area (Å²) in [6.45, 7) is 3.58. The predicted octanol–water partition coefficient (Wildman–Crippen LogP) is 2.86. The van der Waals surface area contributed by atoms with Crippen molar-refractivity contribution in [2.24, 2.45) is 0 Å². The Morgan fingerprint density at radius 3 is 2.69 bits per heavy atom. The van der Waals surface area contributed by atoms with Gasteiger partial charge in [-0.25, -0.2) is 0 Å². The Labute approximate surface area is 101 Å². The maximum Gasteiger partial charge on any atom is 0.258 e. The lowest BCUT2D eigenvalue weighted by Gasteiger charge is -1.98. The molecule has 1 N–H and O–H groups in total. The summed E-state index contributed by atoms with van der Waals surface area (Å²) in [6, 6.07) is 5.84. The Kier molecular flexibility index (Phi) is 3.07. The minimum absolute atomic E-state index is 0.299. The van der Waals surface area contributed by atoms with Crippen LogP contribution in [0.5, 0.6) is 0 Å². The fraction of sp³-hybridized carbons (Fsp3) is 0.273. The minimum atomic E-state index is -0.717. The molecular formula is C11H11BrN2O2. The lowest BCUT2D eigenvalue weighted by atomic mass is 10.1. The highest BCUT2D eigenvalue weighted by Gasteiger charge is 2.12. The van der Waals surface area contributed by atoms with Gasteiger partial charge in [-0.2, -0.15) is 4.98 Å². The van der Waals surface area contributed by atoms with Gasteiger partial charge in [-0.3, -0.25) is 0 Å². The van der Waals surface area contributed by atoms with Crippen LogP contribution in [0.1, 0.15) is 24.4 Å². The molecule has 0 fully saturated rings. The van der Waals surface area contributed by atoms with E-state index in [4.69, 9.17) is 4.52 Å². The third-order valence-electron chi connectivity index (χ3n) is 2.10. The Morgan fingerprint density at radius 2 is 2.12 bits per heavy atom. The van der Waals surface area contributed by atoms with E-state index in [1.165, 1.54) is 0 Å². The molecule has 0 amide bonds. The van der Waals surface area contributed by atoms with E-state index in [1.54, 1.807) is 6.92 Å². The summed E-state index contributed by atoms with van der Waals surface area (Å²) in [6.07, 6.45) is -0.717. The molecule has 1 aromatic heterocycles. The Morgan fingerprint density at radius 1 is 1.38 bits per heavy atom. The zero-order valence-corrected chi connectivity index (χ0v) is 10.5. The first kappa shape index (κ1) is 11.3. The normalized spacial score (nSPS) is 12.8. The second-order valence-corrected chi connectivity index (χ2v) is 4.57. The molecule has 0 spiro atoms. The first-order chi connectivity index (χ1) is 7.56. The van der Waals surface area contributed by atoms with Gasteiger partial charge in [0.15, 0.2) is 5.82 Å². The van der Waals surface area contributed by atoms with Crippen molar-refractivity contribution < 1.29 is 9.63 Å². The summed E-state index contributed by atoms with van der Waals surface area (Å²) in [4.78, 5) is 4.11. The Bertz CT molecular complexity index is 488. The molecule has 0 aliphatic heterocycles. The molecule has 0 bridgehead atoms. The van der Waals surface area contributed by atoms with Crippen molar-refractivity contribution in [3.63, 3.8) is 0 Å². The molecule has 1 aromatic carbocycles. The number of nitrogens with zero attached hydrogens (tertiary/aromatic N) is 2. The van der Waals surface area contributed by atoms with Crippen LogP contribution >= 0.6 is 15.9 Å². The van der Waals surface area contributed by atoms with Gasteiger partial charge in [0.25, 0.3) is 5.89 Å². The van der Waals surface area contributed by atoms with Crippen LogP contribution in [0.2, 0.25) is 0 Å². The predicted molar refractivity (Wildman–Crippen MR) is 62.8 cm³/mol. The van der Waals surface area contributed by atoms with Gasteiger partial charge >= 0.3 is 0 Å². The molecular weight excluding hydrogens is 272 g/mol. The van der Waals surface area contributed by atoms with Crippen LogP contribution in [-0.2, 0) is 0 Å². The Balaban J connectivity index is 2.42. The lowest BCUT2D eigenvalue weighted by molar-refractivity contribution is 0.184. The van der Waals surface area contributed by atoms with E-state index in [1.807, 2.05) is 25.1 Å². The summed E-state index contributed by atoms with van der Waals surface area (Å²) in [5, 5.41) is 13.0. The van der Waals surface area contributed by atoms with Gasteiger partial charge in [-0.05, 0) is 37.6 Å². The van der Waals surface area contributed by atoms with Crippen molar-refractivity contribution in [1.82, 2.24) is 10.1 Å². The van der Waals surface area contributed by atoms with Crippen LogP contribution in [0.15, 0.2) is 27.2 Å². The van der Waals surface area contributed by atoms with Crippen LogP contribution in [0.3, 0.4) is 0 Å². The number of hydrogen-bond acceptors (Lipinski definition) is 4. The Hall–Kier alpha value is -1.20. The van der Waals surface area contributed by atoms with Crippen LogP contribution in [0, 0.1) is 6.92 Å². The molecule has 0 saturated carbocycles. The number of rotatable bonds is 2. The number of aliphatic hydroxyl groups is 1. The number of aliphatic hydroxyl groups excluding tert-OH is 1. The molecule has 1 atom stereocenters. The third-order valence-corrected chi connectivity index (χ3v) is 2.56. The second-order valence-electron chi connectivity index (χ2n) is 3.65. The van der Waals surface area contributed by atoms with Gasteiger partial charge in [0.1, 0.15) is 6.10 Å². The molecule has 84 valence electrons. The monoisotopic (exact) mass is 282 g/mol. The fourth-order valence-electron chi connectivity index (χ4n) is 1.38. The largest absolute Gasteiger partial charge is 0.385 e. The van der Waals surface area contributed by atoms with E-state index in [2.05, 4.69) is 26.1 Å². The maximum absolute atomic E-state index is 9.30. The van der Waals surface area contributed by atoms with Crippen LogP contribution in [0.4, 0.5) is 0 Å². The molecule has 2 aromatic rings. The van der Waals surface area contributed by atoms with Crippen LogP contribution in [0.25, 0.3) is 11.5 Å². The standard InChI is InChI=1S/C11H11BrN2O2/c1-6-3-8(5-9(12)4-6)11-13-10(7(2)15)14-16-11/h3-5,7,15H,1-2H3. The second kappa shape index (κ2) is 4.35. The smallest absolute Gasteiger partial charge is 0.258 e. The molecule has 4 nitrogen and oxygen atoms in total. The maximum atomic E-state index is 9.30. The fourth-order valence-corrected chi connectivity index (χ4v) is 1.99. The molecule has 0 saturated heterocycles. The first-order valence-electron chi connectivity index (χ1n) is 4.85. The summed E-state index contributed by atoms with van der Waals surface area (Å²) in [5.41, 5.74) is 1.94. The first-order valence-corrected chi connectivity index (χ1v) is 5.65. The van der Waals surface area contributed by atoms with Crippen molar-refractivity contribution in [2.75, 3.05) is 0 Å². The summed E-state index contributed by atoms with van der Waals surface area (Å²) >= 11 is 3.41. The molecule has 0 aliphatic rings. The van der Waals surface area contributed by atoms with Crippen molar-refractivity contribution in [3.05, 3.63) is 34.1 Å². The number of aryl methyl sites for hydroxylation is 1. The van der Waals surface area contributed by atoms with E-state index < -0.39 is 6.10 Å². The van der Waals surface area contributed by atoms with Gasteiger partial charge in [-0.15, -0.1) is 0 Å². The van der Waals surface area contributed by atoms with Gasteiger partial charge in [0.2, 0.25) is 0 Å². The SMILES string of the molecule is Cc1cc(Br)cc(-c2nc(C(C)O)no2)c1. The minimum Gasteiger partial charge on any atom is -0.385 e. The van der Waals surface area contributed by atoms with Gasteiger partial charge in [0.05, 0.1) is 0 Å². The van der Waals surface area contributed by atoms with Gasteiger partial charge in [-0.1, -0.05) is 21.1 Å². The zero-order valence-electron chi connectivity index (χ0n) is 8.94. The molecule has 5 heteroatoms. The average molecular weight is 283 g/mol. The van der Waals surface area contributed by atoms with Gasteiger partial charge in [0, 0.05) is 10.0 Å². The molecule has 0 radical (unpaired) electrons. The topological polar surface area (TPSA) is 59.2 Å². The molecule has 1 heterocycles. The molecule has 2 rings (SSSR count). The van der Waals surface area contributed by atoms with Crippen molar-refractivity contribution >= 4 is 15.9 Å². The number of hydrogen-bond donors (Lipinski definition) is 1. The van der Waals surface area contributed by atoms with E-state index >= 15 is 0 Å². The van der Waals surface area contributed by atoms with Gasteiger partial charge < -0.3 is 9.63 Å². The van der Waals surface area contributed by atoms with E-state index in [0.29, 0.717) is 11.7 Å². The van der Waals surface area contributed by atoms with E-state index in [-0.39, 0.29) is 0 Å². The molecule has 0 aliphatic carbocycles. The lowest BCUT2D eigenvalue weighted by Crippen LogP contribution is -1.93. The highest BCUT2D eigenvalue weighted by Crippen LogP contribution is 2.24. The zero-order chi connectivity index (χ0) is 11.7. The van der Waals surface area contributed by atoms with Crippen LogP contribution < -0.4 is 0 Å². The van der Waals surface area contributed by atoms with E-state index in [0.717, 1.165) is 15.6 Å². The quantitative estimate of drug-likeness (QED) is 0.920. The van der Waals surface area contributed by atoms with Crippen molar-refractivity contribution in [1.29, 1.82) is 0 Å². The highest BCUT2D eigenvalue weighted by atomic mass is 79.9. The third kappa shape index (κ3) is 2.31. The summed E-state index contributed by atoms with van der Waals surface area (Å²) in [7, 11) is 0. The van der Waals surface area contributed by atoms with Crippen molar-refractivity contribution in [2.45, 2.75) is 20.0 Å². The number of benzene rings is 1. The highest BCUT2D eigenvalue weighted by molar-refractivity contribution is 9.10. The number of aromatic nitrogens is 2. The summed E-state index contributed by atoms with van der Waals surface area (Å²) < 4.78 is 6.04. The molecule has 1 unspecified atom stereocenters. The van der Waals surface area contributed by atoms with E-state index in [9.17, 15) is 5.11 Å². The van der Waals surface area contributed by atoms with Crippen LogP contribution in [-0.4, -0.2) is 15.2 Å². The number of halogens is 1.